The zero-order valence-electron chi connectivity index (χ0n) is 10.3. The summed E-state index contributed by atoms with van der Waals surface area (Å²) in [7, 11) is 0. The molecule has 1 aliphatic rings. The maximum Gasteiger partial charge on any atom is 0.416 e. The molecule has 104 valence electrons. The molecule has 0 atom stereocenters. The van der Waals surface area contributed by atoms with Crippen LogP contribution in [0.1, 0.15) is 21.7 Å². The van der Waals surface area contributed by atoms with E-state index in [4.69, 9.17) is 4.42 Å². The summed E-state index contributed by atoms with van der Waals surface area (Å²) in [6.07, 6.45) is -2.86. The third kappa shape index (κ3) is 1.97. The van der Waals surface area contributed by atoms with Crippen LogP contribution in [0.25, 0.3) is 0 Å². The number of nitrogens with zero attached hydrogens (tertiary/aromatic N) is 1. The van der Waals surface area contributed by atoms with Gasteiger partial charge in [-0.05, 0) is 36.2 Å². The Morgan fingerprint density at radius 3 is 2.65 bits per heavy atom. The van der Waals surface area contributed by atoms with Crippen molar-refractivity contribution in [1.29, 1.82) is 0 Å². The number of alkyl halides is 3. The Labute approximate surface area is 112 Å². The van der Waals surface area contributed by atoms with E-state index in [2.05, 4.69) is 0 Å². The molecule has 0 unspecified atom stereocenters. The first kappa shape index (κ1) is 12.8. The Balaban J connectivity index is 2.01. The quantitative estimate of drug-likeness (QED) is 0.801. The molecule has 0 saturated carbocycles. The Morgan fingerprint density at radius 1 is 1.20 bits per heavy atom. The van der Waals surface area contributed by atoms with Crippen LogP contribution < -0.4 is 4.90 Å². The highest BCUT2D eigenvalue weighted by Gasteiger charge is 2.38. The molecule has 1 amide bonds. The number of benzene rings is 1. The molecule has 0 bridgehead atoms. The van der Waals surface area contributed by atoms with E-state index in [0.717, 1.165) is 6.07 Å². The molecule has 0 aliphatic carbocycles. The number of halogens is 3. The Kier molecular flexibility index (Phi) is 2.81. The van der Waals surface area contributed by atoms with Crippen LogP contribution in [0.5, 0.6) is 0 Å². The second-order valence-electron chi connectivity index (χ2n) is 4.49. The van der Waals surface area contributed by atoms with Crippen LogP contribution in [0.3, 0.4) is 0 Å². The first-order chi connectivity index (χ1) is 9.48. The van der Waals surface area contributed by atoms with Gasteiger partial charge in [0, 0.05) is 12.2 Å². The van der Waals surface area contributed by atoms with E-state index in [9.17, 15) is 18.0 Å². The van der Waals surface area contributed by atoms with Gasteiger partial charge < -0.3 is 9.32 Å². The van der Waals surface area contributed by atoms with E-state index < -0.39 is 17.6 Å². The van der Waals surface area contributed by atoms with E-state index in [1.54, 1.807) is 6.07 Å². The molecule has 1 aromatic heterocycles. The molecule has 1 aliphatic heterocycles. The number of hydrogen-bond acceptors (Lipinski definition) is 2. The zero-order valence-corrected chi connectivity index (χ0v) is 10.3. The molecule has 0 spiro atoms. The van der Waals surface area contributed by atoms with Crippen molar-refractivity contribution in [3.8, 4) is 0 Å². The van der Waals surface area contributed by atoms with Crippen molar-refractivity contribution in [2.75, 3.05) is 11.4 Å². The molecular formula is C14H10F3NO2. The average molecular weight is 281 g/mol. The van der Waals surface area contributed by atoms with E-state index in [-0.39, 0.29) is 24.3 Å². The summed E-state index contributed by atoms with van der Waals surface area (Å²) in [5.74, 6) is -0.302. The van der Waals surface area contributed by atoms with Crippen molar-refractivity contribution in [2.45, 2.75) is 12.6 Å². The van der Waals surface area contributed by atoms with Crippen molar-refractivity contribution in [2.24, 2.45) is 0 Å². The van der Waals surface area contributed by atoms with Gasteiger partial charge in [0.25, 0.3) is 5.91 Å². The second-order valence-corrected chi connectivity index (χ2v) is 4.49. The highest BCUT2D eigenvalue weighted by Crippen LogP contribution is 2.39. The van der Waals surface area contributed by atoms with Crippen LogP contribution in [-0.2, 0) is 12.6 Å². The van der Waals surface area contributed by atoms with Gasteiger partial charge in [-0.15, -0.1) is 0 Å². The first-order valence-electron chi connectivity index (χ1n) is 6.03. The maximum atomic E-state index is 12.9. The number of anilines is 1. The SMILES string of the molecule is O=C(c1ccco1)N1CCc2c1cccc2C(F)(F)F. The fourth-order valence-electron chi connectivity index (χ4n) is 2.44. The minimum absolute atomic E-state index is 0.121. The molecule has 6 heteroatoms. The predicted molar refractivity (Wildman–Crippen MR) is 65.5 cm³/mol. The summed E-state index contributed by atoms with van der Waals surface area (Å²) < 4.78 is 43.8. The van der Waals surface area contributed by atoms with Crippen molar-refractivity contribution >= 4 is 11.6 Å². The minimum atomic E-state index is -4.41. The molecule has 0 saturated heterocycles. The number of carbonyl (C=O) groups excluding carboxylic acids is 1. The molecule has 0 radical (unpaired) electrons. The molecule has 20 heavy (non-hydrogen) atoms. The average Bonchev–Trinajstić information content (AvgIpc) is 3.05. The summed E-state index contributed by atoms with van der Waals surface area (Å²) in [6, 6.07) is 6.94. The van der Waals surface area contributed by atoms with Crippen molar-refractivity contribution in [1.82, 2.24) is 0 Å². The van der Waals surface area contributed by atoms with Crippen molar-refractivity contribution in [3.05, 3.63) is 53.5 Å². The zero-order chi connectivity index (χ0) is 14.3. The highest BCUT2D eigenvalue weighted by atomic mass is 19.4. The van der Waals surface area contributed by atoms with E-state index >= 15 is 0 Å². The third-order valence-corrected chi connectivity index (χ3v) is 3.31. The predicted octanol–water partition coefficient (Wildman–Crippen LogP) is 3.50. The normalized spacial score (nSPS) is 14.4. The lowest BCUT2D eigenvalue weighted by Gasteiger charge is -2.17. The number of furan rings is 1. The largest absolute Gasteiger partial charge is 0.459 e. The van der Waals surface area contributed by atoms with Crippen LogP contribution in [-0.4, -0.2) is 12.5 Å². The van der Waals surface area contributed by atoms with Crippen molar-refractivity contribution in [3.63, 3.8) is 0 Å². The molecular weight excluding hydrogens is 271 g/mol. The van der Waals surface area contributed by atoms with Gasteiger partial charge >= 0.3 is 6.18 Å². The van der Waals surface area contributed by atoms with Crippen molar-refractivity contribution < 1.29 is 22.4 Å². The highest BCUT2D eigenvalue weighted by molar-refractivity contribution is 6.05. The van der Waals surface area contributed by atoms with Gasteiger partial charge in [-0.1, -0.05) is 6.07 Å². The number of amides is 1. The Hall–Kier alpha value is -2.24. The van der Waals surface area contributed by atoms with Crippen LogP contribution in [0.15, 0.2) is 41.0 Å². The van der Waals surface area contributed by atoms with Crippen LogP contribution >= 0.6 is 0 Å². The summed E-state index contributed by atoms with van der Waals surface area (Å²) in [4.78, 5) is 13.5. The summed E-state index contributed by atoms with van der Waals surface area (Å²) in [5.41, 5.74) is -0.203. The monoisotopic (exact) mass is 281 g/mol. The smallest absolute Gasteiger partial charge is 0.416 e. The minimum Gasteiger partial charge on any atom is -0.459 e. The summed E-state index contributed by atoms with van der Waals surface area (Å²) in [6.45, 7) is 0.224. The van der Waals surface area contributed by atoms with Crippen LogP contribution in [0.2, 0.25) is 0 Å². The van der Waals surface area contributed by atoms with Gasteiger partial charge in [-0.3, -0.25) is 4.79 Å². The van der Waals surface area contributed by atoms with Gasteiger partial charge in [-0.2, -0.15) is 13.2 Å². The maximum absolute atomic E-state index is 12.9. The molecule has 2 heterocycles. The Morgan fingerprint density at radius 2 is 2.00 bits per heavy atom. The number of hydrogen-bond donors (Lipinski definition) is 0. The van der Waals surface area contributed by atoms with Crippen LogP contribution in [0.4, 0.5) is 18.9 Å². The lowest BCUT2D eigenvalue weighted by molar-refractivity contribution is -0.138. The van der Waals surface area contributed by atoms with Gasteiger partial charge in [-0.25, -0.2) is 0 Å². The van der Waals surface area contributed by atoms with Gasteiger partial charge in [0.15, 0.2) is 5.76 Å². The number of fused-ring (bicyclic) bond motifs is 1. The van der Waals surface area contributed by atoms with E-state index in [1.807, 2.05) is 0 Å². The van der Waals surface area contributed by atoms with Gasteiger partial charge in [0.2, 0.25) is 0 Å². The fourth-order valence-corrected chi connectivity index (χ4v) is 2.44. The lowest BCUT2D eigenvalue weighted by Crippen LogP contribution is -2.28. The molecule has 1 aromatic carbocycles. The fraction of sp³-hybridized carbons (Fsp3) is 0.214. The lowest BCUT2D eigenvalue weighted by atomic mass is 10.0. The molecule has 3 rings (SSSR count). The first-order valence-corrected chi connectivity index (χ1v) is 6.03. The molecule has 0 N–H and O–H groups in total. The van der Waals surface area contributed by atoms with Gasteiger partial charge in [0.1, 0.15) is 0 Å². The van der Waals surface area contributed by atoms with Crippen LogP contribution in [0, 0.1) is 0 Å². The topological polar surface area (TPSA) is 33.5 Å². The number of carbonyl (C=O) groups is 1. The summed E-state index contributed by atoms with van der Waals surface area (Å²) >= 11 is 0. The van der Waals surface area contributed by atoms with E-state index in [0.29, 0.717) is 5.69 Å². The standard InChI is InChI=1S/C14H10F3NO2/c15-14(16,17)10-3-1-4-11-9(10)6-7-18(11)13(19)12-5-2-8-20-12/h1-5,8H,6-7H2. The second kappa shape index (κ2) is 4.40. The number of rotatable bonds is 1. The molecule has 0 fully saturated rings. The Bertz CT molecular complexity index is 647. The third-order valence-electron chi connectivity index (χ3n) is 3.31. The van der Waals surface area contributed by atoms with Gasteiger partial charge in [0.05, 0.1) is 11.8 Å². The van der Waals surface area contributed by atoms with E-state index in [1.165, 1.54) is 29.4 Å². The molecule has 3 nitrogen and oxygen atoms in total. The summed E-state index contributed by atoms with van der Waals surface area (Å²) in [5, 5.41) is 0. The molecule has 2 aromatic rings.